The summed E-state index contributed by atoms with van der Waals surface area (Å²) in [5.41, 5.74) is 1.08. The lowest BCUT2D eigenvalue weighted by molar-refractivity contribution is -0.384. The minimum atomic E-state index is -0.546. The average Bonchev–Trinajstić information content (AvgIpc) is 2.68. The van der Waals surface area contributed by atoms with Crippen LogP contribution in [0, 0.1) is 10.1 Å². The lowest BCUT2D eigenvalue weighted by Crippen LogP contribution is -2.39. The molecule has 2 aromatic rings. The summed E-state index contributed by atoms with van der Waals surface area (Å²) in [6, 6.07) is 8.91. The molecular weight excluding hydrogens is 386 g/mol. The molecule has 0 spiro atoms. The van der Waals surface area contributed by atoms with Crippen LogP contribution in [0.15, 0.2) is 36.4 Å². The fourth-order valence-electron chi connectivity index (χ4n) is 2.54. The van der Waals surface area contributed by atoms with Crippen molar-refractivity contribution in [3.63, 3.8) is 0 Å². The molecule has 0 aromatic heterocycles. The van der Waals surface area contributed by atoms with Gasteiger partial charge in [0.1, 0.15) is 11.5 Å². The summed E-state index contributed by atoms with van der Waals surface area (Å²) in [4.78, 5) is 24.7. The maximum atomic E-state index is 12.6. The Bertz CT molecular complexity index is 875. The van der Waals surface area contributed by atoms with Crippen molar-refractivity contribution in [1.82, 2.24) is 4.90 Å². The molecule has 2 rings (SSSR count). The number of nitro groups is 1. The third-order valence-electron chi connectivity index (χ3n) is 4.38. The van der Waals surface area contributed by atoms with Crippen LogP contribution >= 0.6 is 11.6 Å². The van der Waals surface area contributed by atoms with Gasteiger partial charge in [-0.1, -0.05) is 17.7 Å². The van der Waals surface area contributed by atoms with Gasteiger partial charge in [0.05, 0.1) is 35.9 Å². The zero-order valence-electron chi connectivity index (χ0n) is 16.1. The van der Waals surface area contributed by atoms with Crippen LogP contribution in [-0.4, -0.2) is 43.0 Å². The van der Waals surface area contributed by atoms with Gasteiger partial charge in [0, 0.05) is 30.3 Å². The van der Waals surface area contributed by atoms with Gasteiger partial charge in [-0.05, 0) is 26.1 Å². The number of halogens is 1. The summed E-state index contributed by atoms with van der Waals surface area (Å²) >= 11 is 6.04. The molecule has 1 atom stereocenters. The number of likely N-dealkylation sites (N-methyl/N-ethyl adjacent to an activating group) is 1. The van der Waals surface area contributed by atoms with E-state index in [1.807, 2.05) is 24.1 Å². The maximum Gasteiger partial charge on any atom is 0.271 e. The maximum absolute atomic E-state index is 12.6. The summed E-state index contributed by atoms with van der Waals surface area (Å²) in [5.74, 6) is 1.06. The van der Waals surface area contributed by atoms with Crippen molar-refractivity contribution in [1.29, 1.82) is 0 Å². The number of ether oxygens (including phenoxy) is 2. The van der Waals surface area contributed by atoms with E-state index in [1.54, 1.807) is 27.2 Å². The van der Waals surface area contributed by atoms with Gasteiger partial charge in [-0.2, -0.15) is 0 Å². The number of nitrogens with zero attached hydrogens (tertiary/aromatic N) is 2. The van der Waals surface area contributed by atoms with Crippen LogP contribution in [0.1, 0.15) is 12.5 Å². The van der Waals surface area contributed by atoms with Crippen molar-refractivity contribution < 1.29 is 19.2 Å². The van der Waals surface area contributed by atoms with Crippen molar-refractivity contribution >= 4 is 28.9 Å². The smallest absolute Gasteiger partial charge is 0.271 e. The van der Waals surface area contributed by atoms with Gasteiger partial charge < -0.3 is 14.8 Å². The standard InChI is InChI=1S/C19H22ClN3O5/c1-12(19(24)21-17-8-6-14(23(25)26)9-16(17)20)22(2)11-13-5-7-15(27-3)10-18(13)28-4/h5-10,12H,11H2,1-4H3,(H,21,24)/t12-/m1/s1. The number of hydrogen-bond acceptors (Lipinski definition) is 6. The first-order valence-corrected chi connectivity index (χ1v) is 8.80. The monoisotopic (exact) mass is 407 g/mol. The lowest BCUT2D eigenvalue weighted by Gasteiger charge is -2.25. The molecule has 9 heteroatoms. The van der Waals surface area contributed by atoms with Crippen LogP contribution in [0.3, 0.4) is 0 Å². The van der Waals surface area contributed by atoms with Crippen LogP contribution in [0.25, 0.3) is 0 Å². The lowest BCUT2D eigenvalue weighted by atomic mass is 10.1. The van der Waals surface area contributed by atoms with Crippen LogP contribution in [-0.2, 0) is 11.3 Å². The Morgan fingerprint density at radius 3 is 2.54 bits per heavy atom. The molecule has 1 amide bonds. The number of benzene rings is 2. The van der Waals surface area contributed by atoms with E-state index in [9.17, 15) is 14.9 Å². The molecule has 0 aliphatic heterocycles. The SMILES string of the molecule is COc1ccc(CN(C)[C@H](C)C(=O)Nc2ccc([N+](=O)[O-])cc2Cl)c(OC)c1. The van der Waals surface area contributed by atoms with E-state index < -0.39 is 11.0 Å². The normalized spacial score (nSPS) is 11.8. The van der Waals surface area contributed by atoms with Crippen LogP contribution < -0.4 is 14.8 Å². The van der Waals surface area contributed by atoms with E-state index >= 15 is 0 Å². The number of nitrogens with one attached hydrogen (secondary N) is 1. The molecule has 0 heterocycles. The second-order valence-electron chi connectivity index (χ2n) is 6.18. The van der Waals surface area contributed by atoms with Gasteiger partial charge >= 0.3 is 0 Å². The van der Waals surface area contributed by atoms with Gasteiger partial charge in [-0.3, -0.25) is 19.8 Å². The molecule has 8 nitrogen and oxygen atoms in total. The molecule has 0 bridgehead atoms. The van der Waals surface area contributed by atoms with Crippen LogP contribution in [0.4, 0.5) is 11.4 Å². The molecule has 0 saturated heterocycles. The van der Waals surface area contributed by atoms with E-state index in [0.29, 0.717) is 23.7 Å². The third-order valence-corrected chi connectivity index (χ3v) is 4.69. The van der Waals surface area contributed by atoms with Gasteiger partial charge in [0.25, 0.3) is 5.69 Å². The molecular formula is C19H22ClN3O5. The number of nitro benzene ring substituents is 1. The van der Waals surface area contributed by atoms with Crippen LogP contribution in [0.2, 0.25) is 5.02 Å². The van der Waals surface area contributed by atoms with Crippen molar-refractivity contribution in [2.24, 2.45) is 0 Å². The Morgan fingerprint density at radius 2 is 1.96 bits per heavy atom. The number of carbonyl (C=O) groups is 1. The number of hydrogen-bond donors (Lipinski definition) is 1. The largest absolute Gasteiger partial charge is 0.497 e. The summed E-state index contributed by atoms with van der Waals surface area (Å²) in [5, 5.41) is 13.6. The van der Waals surface area contributed by atoms with Crippen molar-refractivity contribution in [3.05, 3.63) is 57.1 Å². The zero-order valence-corrected chi connectivity index (χ0v) is 16.8. The van der Waals surface area contributed by atoms with E-state index in [4.69, 9.17) is 21.1 Å². The minimum Gasteiger partial charge on any atom is -0.497 e. The van der Waals surface area contributed by atoms with Crippen molar-refractivity contribution in [3.8, 4) is 11.5 Å². The molecule has 0 unspecified atom stereocenters. The van der Waals surface area contributed by atoms with E-state index in [1.165, 1.54) is 18.2 Å². The summed E-state index contributed by atoms with van der Waals surface area (Å²) < 4.78 is 10.6. The molecule has 0 aliphatic rings. The first-order valence-electron chi connectivity index (χ1n) is 8.42. The Morgan fingerprint density at radius 1 is 1.25 bits per heavy atom. The number of rotatable bonds is 8. The quantitative estimate of drug-likeness (QED) is 0.529. The Hall–Kier alpha value is -2.84. The molecule has 0 fully saturated rings. The summed E-state index contributed by atoms with van der Waals surface area (Å²) in [7, 11) is 4.96. The molecule has 0 radical (unpaired) electrons. The van der Waals surface area contributed by atoms with Crippen LogP contribution in [0.5, 0.6) is 11.5 Å². The number of non-ortho nitro benzene ring substituents is 1. The van der Waals surface area contributed by atoms with Gasteiger partial charge in [-0.25, -0.2) is 0 Å². The van der Waals surface area contributed by atoms with E-state index in [-0.39, 0.29) is 16.6 Å². The third kappa shape index (κ3) is 5.11. The molecule has 0 aliphatic carbocycles. The molecule has 28 heavy (non-hydrogen) atoms. The minimum absolute atomic E-state index is 0.106. The average molecular weight is 408 g/mol. The van der Waals surface area contributed by atoms with Crippen molar-refractivity contribution in [2.75, 3.05) is 26.6 Å². The first kappa shape index (κ1) is 21.5. The molecule has 0 saturated carbocycles. The first-order chi connectivity index (χ1) is 13.3. The summed E-state index contributed by atoms with van der Waals surface area (Å²) in [6.45, 7) is 2.22. The number of amides is 1. The van der Waals surface area contributed by atoms with Crippen molar-refractivity contribution in [2.45, 2.75) is 19.5 Å². The zero-order chi connectivity index (χ0) is 20.8. The predicted octanol–water partition coefficient (Wildman–Crippen LogP) is 3.72. The predicted molar refractivity (Wildman–Crippen MR) is 107 cm³/mol. The molecule has 150 valence electrons. The highest BCUT2D eigenvalue weighted by atomic mass is 35.5. The van der Waals surface area contributed by atoms with Gasteiger partial charge in [-0.15, -0.1) is 0 Å². The number of methoxy groups -OCH3 is 2. The Kier molecular flexibility index (Phi) is 7.19. The number of anilines is 1. The highest BCUT2D eigenvalue weighted by Crippen LogP contribution is 2.28. The Balaban J connectivity index is 2.08. The molecule has 2 aromatic carbocycles. The fraction of sp³-hybridized carbons (Fsp3) is 0.316. The highest BCUT2D eigenvalue weighted by molar-refractivity contribution is 6.34. The van der Waals surface area contributed by atoms with E-state index in [2.05, 4.69) is 5.32 Å². The highest BCUT2D eigenvalue weighted by Gasteiger charge is 2.21. The molecule has 1 N–H and O–H groups in total. The van der Waals surface area contributed by atoms with Gasteiger partial charge in [0.15, 0.2) is 0 Å². The second kappa shape index (κ2) is 9.38. The second-order valence-corrected chi connectivity index (χ2v) is 6.59. The Labute approximate surface area is 168 Å². The summed E-state index contributed by atoms with van der Waals surface area (Å²) in [6.07, 6.45) is 0. The fourth-order valence-corrected chi connectivity index (χ4v) is 2.77. The van der Waals surface area contributed by atoms with Gasteiger partial charge in [0.2, 0.25) is 5.91 Å². The van der Waals surface area contributed by atoms with E-state index in [0.717, 1.165) is 5.56 Å². The topological polar surface area (TPSA) is 93.9 Å². The number of carbonyl (C=O) groups excluding carboxylic acids is 1.